The average Bonchev–Trinajstić information content (AvgIpc) is 3.04. The van der Waals surface area contributed by atoms with Gasteiger partial charge in [-0.3, -0.25) is 9.48 Å². The lowest BCUT2D eigenvalue weighted by Gasteiger charge is -2.40. The Labute approximate surface area is 169 Å². The zero-order chi connectivity index (χ0) is 21.3. The number of carboxylic acid groups (broad SMARTS) is 1. The predicted molar refractivity (Wildman–Crippen MR) is 105 cm³/mol. The van der Waals surface area contributed by atoms with Gasteiger partial charge in [0.25, 0.3) is 0 Å². The maximum atomic E-state index is 14.8. The Balaban J connectivity index is 1.87. The van der Waals surface area contributed by atoms with Crippen molar-refractivity contribution in [2.75, 3.05) is 0 Å². The fourth-order valence-corrected chi connectivity index (χ4v) is 4.14. The first-order valence-corrected chi connectivity index (χ1v) is 9.85. The molecular formula is C20H28FN5O3. The molecule has 1 aliphatic rings. The zero-order valence-electron chi connectivity index (χ0n) is 17.3. The third-order valence-electron chi connectivity index (χ3n) is 6.05. The van der Waals surface area contributed by atoms with E-state index < -0.39 is 17.2 Å². The van der Waals surface area contributed by atoms with E-state index in [2.05, 4.69) is 15.3 Å². The Morgan fingerprint density at radius 3 is 2.83 bits per heavy atom. The second-order valence-corrected chi connectivity index (χ2v) is 8.07. The molecule has 1 saturated carbocycles. The Kier molecular flexibility index (Phi) is 5.88. The van der Waals surface area contributed by atoms with Crippen molar-refractivity contribution in [3.63, 3.8) is 0 Å². The van der Waals surface area contributed by atoms with Crippen LogP contribution in [0.5, 0.6) is 5.75 Å². The number of carbonyl (C=O) groups is 1. The molecule has 2 atom stereocenters. The van der Waals surface area contributed by atoms with Gasteiger partial charge >= 0.3 is 5.97 Å². The number of aromatic nitrogens is 4. The number of nitrogens with zero attached hydrogens (tertiary/aromatic N) is 4. The number of pyridine rings is 1. The summed E-state index contributed by atoms with van der Waals surface area (Å²) in [6.07, 6.45) is 2.20. The minimum absolute atomic E-state index is 0.0175. The third kappa shape index (κ3) is 3.83. The molecule has 3 N–H and O–H groups in total. The van der Waals surface area contributed by atoms with Crippen molar-refractivity contribution in [3.8, 4) is 17.1 Å². The molecule has 9 heteroatoms. The van der Waals surface area contributed by atoms with Gasteiger partial charge in [-0.05, 0) is 32.1 Å². The van der Waals surface area contributed by atoms with Gasteiger partial charge in [-0.1, -0.05) is 19.1 Å². The number of ether oxygens (including phenoxy) is 1. The van der Waals surface area contributed by atoms with E-state index in [0.717, 1.165) is 12.8 Å². The summed E-state index contributed by atoms with van der Waals surface area (Å²) in [7, 11) is 1.69. The lowest BCUT2D eigenvalue weighted by atomic mass is 9.66. The van der Waals surface area contributed by atoms with Crippen molar-refractivity contribution in [2.24, 2.45) is 24.1 Å². The van der Waals surface area contributed by atoms with Gasteiger partial charge in [-0.2, -0.15) is 0 Å². The van der Waals surface area contributed by atoms with Crippen LogP contribution < -0.4 is 10.5 Å². The maximum Gasteiger partial charge on any atom is 0.310 e. The van der Waals surface area contributed by atoms with E-state index in [4.69, 9.17) is 10.5 Å². The Bertz CT molecular complexity index is 914. The van der Waals surface area contributed by atoms with E-state index in [1.165, 1.54) is 10.7 Å². The van der Waals surface area contributed by atoms with Gasteiger partial charge in [0.1, 0.15) is 17.1 Å². The summed E-state index contributed by atoms with van der Waals surface area (Å²) >= 11 is 0. The first kappa shape index (κ1) is 21.2. The topological polar surface area (TPSA) is 116 Å². The van der Waals surface area contributed by atoms with Gasteiger partial charge in [0.2, 0.25) is 0 Å². The zero-order valence-corrected chi connectivity index (χ0v) is 17.3. The number of rotatable bonds is 6. The van der Waals surface area contributed by atoms with Gasteiger partial charge in [0.05, 0.1) is 22.9 Å². The highest BCUT2D eigenvalue weighted by Gasteiger charge is 2.46. The van der Waals surface area contributed by atoms with Crippen molar-refractivity contribution in [1.82, 2.24) is 20.0 Å². The van der Waals surface area contributed by atoms with E-state index in [-0.39, 0.29) is 24.3 Å². The molecule has 2 aromatic rings. The van der Waals surface area contributed by atoms with E-state index in [1.807, 2.05) is 13.8 Å². The molecule has 8 nitrogen and oxygen atoms in total. The Morgan fingerprint density at radius 1 is 1.48 bits per heavy atom. The number of nitrogens with two attached hydrogens (primary N) is 1. The Hall–Kier alpha value is -2.55. The summed E-state index contributed by atoms with van der Waals surface area (Å²) in [5.74, 6) is -1.07. The second-order valence-electron chi connectivity index (χ2n) is 8.07. The van der Waals surface area contributed by atoms with E-state index in [0.29, 0.717) is 35.7 Å². The summed E-state index contributed by atoms with van der Waals surface area (Å²) in [6.45, 7) is 5.74. The number of aliphatic carboxylic acids is 1. The van der Waals surface area contributed by atoms with Crippen LogP contribution in [0.25, 0.3) is 11.4 Å². The molecule has 2 aromatic heterocycles. The van der Waals surface area contributed by atoms with Crippen LogP contribution in [0.2, 0.25) is 0 Å². The number of hydrogen-bond acceptors (Lipinski definition) is 6. The van der Waals surface area contributed by atoms with Crippen molar-refractivity contribution in [2.45, 2.75) is 59.1 Å². The number of halogens is 1. The molecule has 158 valence electrons. The van der Waals surface area contributed by atoms with Gasteiger partial charge in [0.15, 0.2) is 5.82 Å². The first-order chi connectivity index (χ1) is 13.7. The van der Waals surface area contributed by atoms with E-state index >= 15 is 0 Å². The summed E-state index contributed by atoms with van der Waals surface area (Å²) in [5.41, 5.74) is 6.38. The maximum absolute atomic E-state index is 14.8. The SMILES string of the molecule is Cc1nc(-c2nnn(C)c2CN)c(F)cc1O[C@H]1CCC[C@@](C(=O)O)(C(C)C)C1. The molecule has 1 fully saturated rings. The van der Waals surface area contributed by atoms with Crippen LogP contribution in [0, 0.1) is 24.1 Å². The van der Waals surface area contributed by atoms with Crippen molar-refractivity contribution < 1.29 is 19.0 Å². The van der Waals surface area contributed by atoms with Crippen LogP contribution in [-0.2, 0) is 18.4 Å². The molecule has 1 aliphatic carbocycles. The predicted octanol–water partition coefficient (Wildman–Crippen LogP) is 2.83. The highest BCUT2D eigenvalue weighted by atomic mass is 19.1. The second kappa shape index (κ2) is 8.06. The highest BCUT2D eigenvalue weighted by Crippen LogP contribution is 2.44. The molecule has 0 saturated heterocycles. The van der Waals surface area contributed by atoms with Gasteiger partial charge in [-0.15, -0.1) is 5.10 Å². The number of carboxylic acids is 1. The molecule has 0 bridgehead atoms. The third-order valence-corrected chi connectivity index (χ3v) is 6.05. The van der Waals surface area contributed by atoms with Crippen LogP contribution in [0.3, 0.4) is 0 Å². The van der Waals surface area contributed by atoms with Crippen LogP contribution in [0.4, 0.5) is 4.39 Å². The first-order valence-electron chi connectivity index (χ1n) is 9.85. The molecule has 0 radical (unpaired) electrons. The largest absolute Gasteiger partial charge is 0.488 e. The van der Waals surface area contributed by atoms with Gasteiger partial charge in [0, 0.05) is 26.1 Å². The van der Waals surface area contributed by atoms with Crippen molar-refractivity contribution >= 4 is 5.97 Å². The molecule has 0 aromatic carbocycles. The molecule has 0 spiro atoms. The molecule has 0 unspecified atom stereocenters. The van der Waals surface area contributed by atoms with Crippen LogP contribution in [0.1, 0.15) is 50.9 Å². The number of aryl methyl sites for hydroxylation is 2. The van der Waals surface area contributed by atoms with Crippen LogP contribution in [0.15, 0.2) is 6.07 Å². The van der Waals surface area contributed by atoms with Crippen molar-refractivity contribution in [3.05, 3.63) is 23.3 Å². The average molecular weight is 405 g/mol. The lowest BCUT2D eigenvalue weighted by molar-refractivity contribution is -0.157. The van der Waals surface area contributed by atoms with Crippen LogP contribution >= 0.6 is 0 Å². The normalized spacial score (nSPS) is 22.1. The standard InChI is InChI=1S/C20H28FN5O3/c1-11(2)20(19(27)28)7-5-6-13(9-20)29-16-8-14(21)17(23-12(16)3)18-15(10-22)26(4)25-24-18/h8,11,13H,5-7,9-10,22H2,1-4H3,(H,27,28)/t13-,20-/m0/s1. The molecular weight excluding hydrogens is 377 g/mol. The van der Waals surface area contributed by atoms with Gasteiger partial charge in [-0.25, -0.2) is 9.37 Å². The minimum Gasteiger partial charge on any atom is -0.488 e. The molecule has 2 heterocycles. The van der Waals surface area contributed by atoms with Crippen LogP contribution in [-0.4, -0.2) is 37.2 Å². The van der Waals surface area contributed by atoms with Gasteiger partial charge < -0.3 is 15.6 Å². The Morgan fingerprint density at radius 2 is 2.21 bits per heavy atom. The summed E-state index contributed by atoms with van der Waals surface area (Å²) in [6, 6.07) is 1.29. The minimum atomic E-state index is -0.821. The lowest BCUT2D eigenvalue weighted by Crippen LogP contribution is -2.44. The fourth-order valence-electron chi connectivity index (χ4n) is 4.14. The quantitative estimate of drug-likeness (QED) is 0.759. The van der Waals surface area contributed by atoms with E-state index in [9.17, 15) is 14.3 Å². The summed E-state index contributed by atoms with van der Waals surface area (Å²) < 4.78 is 22.4. The van der Waals surface area contributed by atoms with Crippen molar-refractivity contribution in [1.29, 1.82) is 0 Å². The fraction of sp³-hybridized carbons (Fsp3) is 0.600. The smallest absolute Gasteiger partial charge is 0.310 e. The molecule has 3 rings (SSSR count). The molecule has 0 amide bonds. The summed E-state index contributed by atoms with van der Waals surface area (Å²) in [5, 5.41) is 17.7. The highest BCUT2D eigenvalue weighted by molar-refractivity contribution is 5.75. The molecule has 29 heavy (non-hydrogen) atoms. The number of hydrogen-bond donors (Lipinski definition) is 2. The molecule has 0 aliphatic heterocycles. The summed E-state index contributed by atoms with van der Waals surface area (Å²) in [4.78, 5) is 16.3. The van der Waals surface area contributed by atoms with E-state index in [1.54, 1.807) is 14.0 Å². The monoisotopic (exact) mass is 405 g/mol.